The van der Waals surface area contributed by atoms with Crippen molar-refractivity contribution in [3.05, 3.63) is 24.0 Å². The van der Waals surface area contributed by atoms with Gasteiger partial charge in [-0.2, -0.15) is 0 Å². The van der Waals surface area contributed by atoms with Crippen molar-refractivity contribution in [3.63, 3.8) is 0 Å². The molecule has 2 amide bonds. The zero-order chi connectivity index (χ0) is 15.6. The molecule has 0 spiro atoms. The van der Waals surface area contributed by atoms with Crippen LogP contribution in [-0.4, -0.2) is 52.9 Å². The maximum absolute atomic E-state index is 13.3. The van der Waals surface area contributed by atoms with E-state index in [0.29, 0.717) is 0 Å². The minimum absolute atomic E-state index is 0.0184. The zero-order valence-electron chi connectivity index (χ0n) is 11.2. The van der Waals surface area contributed by atoms with Gasteiger partial charge in [-0.25, -0.2) is 14.0 Å². The Hall–Kier alpha value is -2.35. The van der Waals surface area contributed by atoms with Crippen LogP contribution in [0.1, 0.15) is 6.42 Å². The number of carbonyl (C=O) groups is 2. The quantitative estimate of drug-likeness (QED) is 0.769. The lowest BCUT2D eigenvalue weighted by atomic mass is 10.2. The van der Waals surface area contributed by atoms with E-state index in [1.165, 1.54) is 19.2 Å². The number of ether oxygens (including phenoxy) is 1. The second-order valence-electron chi connectivity index (χ2n) is 4.68. The van der Waals surface area contributed by atoms with E-state index in [9.17, 15) is 19.1 Å². The number of likely N-dealkylation sites (tertiary alicyclic amines) is 1. The van der Waals surface area contributed by atoms with E-state index in [4.69, 9.17) is 9.84 Å². The Kier molecular flexibility index (Phi) is 4.27. The summed E-state index contributed by atoms with van der Waals surface area (Å²) in [5, 5.41) is 21.0. The number of nitrogens with zero attached hydrogens (tertiary/aromatic N) is 1. The van der Waals surface area contributed by atoms with Crippen molar-refractivity contribution < 1.29 is 28.9 Å². The van der Waals surface area contributed by atoms with Crippen LogP contribution in [0, 0.1) is 5.82 Å². The highest BCUT2D eigenvalue weighted by atomic mass is 19.1. The standard InChI is InChI=1S/C13H15FN2O5/c1-21-11-4-7(2-3-9(11)14)15-13(20)16-6-8(17)5-10(16)12(18)19/h2-4,8,10,17H,5-6H2,1H3,(H,15,20)(H,18,19)/t8-,10+/m1/s1. The van der Waals surface area contributed by atoms with Crippen LogP contribution in [0.4, 0.5) is 14.9 Å². The van der Waals surface area contributed by atoms with E-state index in [1.807, 2.05) is 0 Å². The van der Waals surface area contributed by atoms with Gasteiger partial charge in [-0.15, -0.1) is 0 Å². The Balaban J connectivity index is 2.12. The van der Waals surface area contributed by atoms with Crippen molar-refractivity contribution in [1.29, 1.82) is 0 Å². The number of aliphatic hydroxyl groups is 1. The molecular formula is C13H15FN2O5. The molecule has 1 saturated heterocycles. The first-order chi connectivity index (χ1) is 9.92. The van der Waals surface area contributed by atoms with E-state index < -0.39 is 30.0 Å². The van der Waals surface area contributed by atoms with Gasteiger partial charge in [0.2, 0.25) is 0 Å². The average Bonchev–Trinajstić information content (AvgIpc) is 2.83. The SMILES string of the molecule is COc1cc(NC(=O)N2C[C@H](O)C[C@H]2C(=O)O)ccc1F. The summed E-state index contributed by atoms with van der Waals surface area (Å²) >= 11 is 0. The number of nitrogens with one attached hydrogen (secondary N) is 1. The Morgan fingerprint density at radius 3 is 2.81 bits per heavy atom. The fraction of sp³-hybridized carbons (Fsp3) is 0.385. The van der Waals surface area contributed by atoms with Crippen LogP contribution in [0.15, 0.2) is 18.2 Å². The number of aliphatic hydroxyl groups excluding tert-OH is 1. The number of benzene rings is 1. The number of urea groups is 1. The molecule has 0 radical (unpaired) electrons. The molecule has 1 fully saturated rings. The number of rotatable bonds is 3. The number of anilines is 1. The molecule has 2 atom stereocenters. The molecule has 7 nitrogen and oxygen atoms in total. The minimum Gasteiger partial charge on any atom is -0.494 e. The van der Waals surface area contributed by atoms with E-state index >= 15 is 0 Å². The smallest absolute Gasteiger partial charge is 0.326 e. The minimum atomic E-state index is -1.18. The van der Waals surface area contributed by atoms with Crippen LogP contribution >= 0.6 is 0 Å². The van der Waals surface area contributed by atoms with Crippen molar-refractivity contribution in [3.8, 4) is 5.75 Å². The number of β-amino-alcohol motifs (C(OH)–C–C–N with tert-alkyl or cyclic N) is 1. The topological polar surface area (TPSA) is 99.1 Å². The third kappa shape index (κ3) is 3.22. The molecule has 0 bridgehead atoms. The van der Waals surface area contributed by atoms with Gasteiger partial charge in [0, 0.05) is 24.7 Å². The molecule has 8 heteroatoms. The lowest BCUT2D eigenvalue weighted by Gasteiger charge is -2.21. The number of carbonyl (C=O) groups excluding carboxylic acids is 1. The molecule has 1 aliphatic heterocycles. The molecule has 1 aliphatic rings. The number of methoxy groups -OCH3 is 1. The van der Waals surface area contributed by atoms with Gasteiger partial charge in [0.25, 0.3) is 0 Å². The average molecular weight is 298 g/mol. The first kappa shape index (κ1) is 15.0. The molecule has 114 valence electrons. The molecule has 3 N–H and O–H groups in total. The molecule has 1 aromatic rings. The number of aliphatic carboxylic acids is 1. The van der Waals surface area contributed by atoms with Gasteiger partial charge in [-0.1, -0.05) is 0 Å². The lowest BCUT2D eigenvalue weighted by molar-refractivity contribution is -0.141. The van der Waals surface area contributed by atoms with Crippen molar-refractivity contribution in [2.75, 3.05) is 19.0 Å². The molecule has 0 aliphatic carbocycles. The van der Waals surface area contributed by atoms with Gasteiger partial charge in [-0.05, 0) is 12.1 Å². The predicted octanol–water partition coefficient (Wildman–Crippen LogP) is 0.886. The Morgan fingerprint density at radius 2 is 2.19 bits per heavy atom. The molecular weight excluding hydrogens is 283 g/mol. The monoisotopic (exact) mass is 298 g/mol. The summed E-state index contributed by atoms with van der Waals surface area (Å²) < 4.78 is 18.1. The van der Waals surface area contributed by atoms with Crippen LogP contribution in [0.25, 0.3) is 0 Å². The van der Waals surface area contributed by atoms with E-state index in [-0.39, 0.29) is 24.4 Å². The molecule has 0 unspecified atom stereocenters. The third-order valence-corrected chi connectivity index (χ3v) is 3.23. The van der Waals surface area contributed by atoms with E-state index in [0.717, 1.165) is 11.0 Å². The molecule has 21 heavy (non-hydrogen) atoms. The molecule has 1 heterocycles. The number of halogens is 1. The van der Waals surface area contributed by atoms with Crippen LogP contribution in [-0.2, 0) is 4.79 Å². The fourth-order valence-corrected chi connectivity index (χ4v) is 2.21. The van der Waals surface area contributed by atoms with Crippen LogP contribution in [0.3, 0.4) is 0 Å². The number of carboxylic acids is 1. The fourth-order valence-electron chi connectivity index (χ4n) is 2.21. The summed E-state index contributed by atoms with van der Waals surface area (Å²) in [4.78, 5) is 24.2. The van der Waals surface area contributed by atoms with Crippen molar-refractivity contribution >= 4 is 17.7 Å². The summed E-state index contributed by atoms with van der Waals surface area (Å²) in [7, 11) is 1.29. The van der Waals surface area contributed by atoms with Gasteiger partial charge in [-0.3, -0.25) is 0 Å². The lowest BCUT2D eigenvalue weighted by Crippen LogP contribution is -2.43. The number of amides is 2. The highest BCUT2D eigenvalue weighted by Gasteiger charge is 2.39. The third-order valence-electron chi connectivity index (χ3n) is 3.23. The van der Waals surface area contributed by atoms with Gasteiger partial charge in [0.05, 0.1) is 13.2 Å². The molecule has 0 aromatic heterocycles. The summed E-state index contributed by atoms with van der Waals surface area (Å²) in [5.41, 5.74) is 0.267. The maximum Gasteiger partial charge on any atom is 0.326 e. The second kappa shape index (κ2) is 5.96. The van der Waals surface area contributed by atoms with Crippen LogP contribution in [0.2, 0.25) is 0 Å². The summed E-state index contributed by atoms with van der Waals surface area (Å²) in [6.07, 6.45) is -0.894. The van der Waals surface area contributed by atoms with Crippen LogP contribution < -0.4 is 10.1 Å². The highest BCUT2D eigenvalue weighted by Crippen LogP contribution is 2.23. The number of hydrogen-bond acceptors (Lipinski definition) is 4. The maximum atomic E-state index is 13.3. The number of hydrogen-bond donors (Lipinski definition) is 3. The first-order valence-corrected chi connectivity index (χ1v) is 6.24. The summed E-state index contributed by atoms with van der Waals surface area (Å²) in [6, 6.07) is 1.99. The summed E-state index contributed by atoms with van der Waals surface area (Å²) in [5.74, 6) is -1.79. The van der Waals surface area contributed by atoms with E-state index in [1.54, 1.807) is 0 Å². The van der Waals surface area contributed by atoms with Crippen molar-refractivity contribution in [2.45, 2.75) is 18.6 Å². The predicted molar refractivity (Wildman–Crippen MR) is 70.7 cm³/mol. The highest BCUT2D eigenvalue weighted by molar-refractivity contribution is 5.93. The Morgan fingerprint density at radius 1 is 1.48 bits per heavy atom. The Bertz CT molecular complexity index is 565. The normalized spacial score (nSPS) is 21.2. The molecule has 1 aromatic carbocycles. The van der Waals surface area contributed by atoms with Gasteiger partial charge in [0.15, 0.2) is 11.6 Å². The summed E-state index contributed by atoms with van der Waals surface area (Å²) in [6.45, 7) is -0.0683. The zero-order valence-corrected chi connectivity index (χ0v) is 11.2. The van der Waals surface area contributed by atoms with Gasteiger partial charge in [0.1, 0.15) is 6.04 Å². The molecule has 2 rings (SSSR count). The van der Waals surface area contributed by atoms with Crippen molar-refractivity contribution in [2.24, 2.45) is 0 Å². The van der Waals surface area contributed by atoms with E-state index in [2.05, 4.69) is 5.32 Å². The Labute approximate surface area is 119 Å². The number of carboxylic acid groups (broad SMARTS) is 1. The largest absolute Gasteiger partial charge is 0.494 e. The van der Waals surface area contributed by atoms with Crippen LogP contribution in [0.5, 0.6) is 5.75 Å². The molecule has 0 saturated carbocycles. The van der Waals surface area contributed by atoms with Gasteiger partial charge >= 0.3 is 12.0 Å². The first-order valence-electron chi connectivity index (χ1n) is 6.24. The van der Waals surface area contributed by atoms with Gasteiger partial charge < -0.3 is 25.2 Å². The second-order valence-corrected chi connectivity index (χ2v) is 4.68. The van der Waals surface area contributed by atoms with Crippen molar-refractivity contribution in [1.82, 2.24) is 4.90 Å².